The molecule has 4 nitrogen and oxygen atoms in total. The topological polar surface area (TPSA) is 34.1 Å². The highest BCUT2D eigenvalue weighted by molar-refractivity contribution is 9.10. The van der Waals surface area contributed by atoms with E-state index in [2.05, 4.69) is 57.8 Å². The van der Waals surface area contributed by atoms with Gasteiger partial charge in [0.25, 0.3) is 0 Å². The highest BCUT2D eigenvalue weighted by atomic mass is 79.9. The van der Waals surface area contributed by atoms with Crippen LogP contribution >= 0.6 is 15.9 Å². The average molecular weight is 461 g/mol. The second-order valence-corrected chi connectivity index (χ2v) is 8.25. The zero-order valence-electron chi connectivity index (χ0n) is 16.4. The van der Waals surface area contributed by atoms with Crippen molar-refractivity contribution in [3.63, 3.8) is 0 Å². The average Bonchev–Trinajstić information content (AvgIpc) is 3.24. The third-order valence-corrected chi connectivity index (χ3v) is 5.89. The Morgan fingerprint density at radius 3 is 2.67 bits per heavy atom. The van der Waals surface area contributed by atoms with Crippen molar-refractivity contribution in [3.05, 3.63) is 107 Å². The SMILES string of the molecule is C=CCOc1ccc([C@H]2Oc3ccc(Br)cc3[C@H]3CC(c4ccccc4)=NN32)cc1. The fourth-order valence-corrected chi connectivity index (χ4v) is 4.35. The minimum absolute atomic E-state index is 0.128. The molecule has 0 amide bonds. The van der Waals surface area contributed by atoms with Gasteiger partial charge in [-0.25, -0.2) is 5.01 Å². The zero-order valence-corrected chi connectivity index (χ0v) is 18.0. The van der Waals surface area contributed by atoms with Crippen molar-refractivity contribution in [2.75, 3.05) is 6.61 Å². The first-order chi connectivity index (χ1) is 14.7. The molecule has 150 valence electrons. The van der Waals surface area contributed by atoms with Gasteiger partial charge in [0, 0.05) is 22.0 Å². The molecule has 0 radical (unpaired) electrons. The molecule has 30 heavy (non-hydrogen) atoms. The number of benzene rings is 3. The smallest absolute Gasteiger partial charge is 0.213 e. The molecule has 2 aliphatic rings. The van der Waals surface area contributed by atoms with E-state index in [1.165, 1.54) is 0 Å². The summed E-state index contributed by atoms with van der Waals surface area (Å²) >= 11 is 3.60. The quantitative estimate of drug-likeness (QED) is 0.421. The minimum Gasteiger partial charge on any atom is -0.490 e. The van der Waals surface area contributed by atoms with Crippen molar-refractivity contribution in [3.8, 4) is 11.5 Å². The molecule has 5 heteroatoms. The molecule has 0 spiro atoms. The molecule has 2 atom stereocenters. The first kappa shape index (κ1) is 18.9. The van der Waals surface area contributed by atoms with Gasteiger partial charge < -0.3 is 9.47 Å². The normalized spacial score (nSPS) is 19.4. The first-order valence-corrected chi connectivity index (χ1v) is 10.7. The van der Waals surface area contributed by atoms with Gasteiger partial charge >= 0.3 is 0 Å². The van der Waals surface area contributed by atoms with E-state index in [0.717, 1.165) is 44.8 Å². The number of hydrazone groups is 1. The highest BCUT2D eigenvalue weighted by Crippen LogP contribution is 2.48. The summed E-state index contributed by atoms with van der Waals surface area (Å²) in [6.07, 6.45) is 2.29. The van der Waals surface area contributed by atoms with Crippen LogP contribution in [0.15, 0.2) is 95.0 Å². The largest absolute Gasteiger partial charge is 0.490 e. The number of ether oxygens (including phenoxy) is 2. The predicted molar refractivity (Wildman–Crippen MR) is 122 cm³/mol. The fraction of sp³-hybridized carbons (Fsp3) is 0.160. The monoisotopic (exact) mass is 460 g/mol. The Balaban J connectivity index is 1.53. The lowest BCUT2D eigenvalue weighted by Crippen LogP contribution is -2.33. The molecule has 0 N–H and O–H groups in total. The molecule has 2 aliphatic heterocycles. The van der Waals surface area contributed by atoms with Crippen LogP contribution in [0.5, 0.6) is 11.5 Å². The summed E-state index contributed by atoms with van der Waals surface area (Å²) in [7, 11) is 0. The molecule has 0 aromatic heterocycles. The molecule has 0 aliphatic carbocycles. The minimum atomic E-state index is -0.293. The van der Waals surface area contributed by atoms with Gasteiger partial charge in [0.2, 0.25) is 6.23 Å². The van der Waals surface area contributed by atoms with E-state index >= 15 is 0 Å². The summed E-state index contributed by atoms with van der Waals surface area (Å²) in [5.74, 6) is 1.71. The van der Waals surface area contributed by atoms with Gasteiger partial charge in [0.15, 0.2) is 0 Å². The molecule has 2 heterocycles. The van der Waals surface area contributed by atoms with Crippen LogP contribution in [0.2, 0.25) is 0 Å². The summed E-state index contributed by atoms with van der Waals surface area (Å²) in [5.41, 5.74) is 4.42. The van der Waals surface area contributed by atoms with E-state index < -0.39 is 0 Å². The van der Waals surface area contributed by atoms with Gasteiger partial charge in [0.1, 0.15) is 18.1 Å². The van der Waals surface area contributed by atoms with Crippen molar-refractivity contribution < 1.29 is 9.47 Å². The molecule has 0 saturated carbocycles. The van der Waals surface area contributed by atoms with Crippen molar-refractivity contribution in [2.45, 2.75) is 18.7 Å². The van der Waals surface area contributed by atoms with Crippen LogP contribution in [-0.2, 0) is 0 Å². The standard InChI is InChI=1S/C25H21BrN2O2/c1-2-14-29-20-11-8-18(9-12-20)25-28-23(21-15-19(26)10-13-24(21)30-25)16-22(27-28)17-6-4-3-5-7-17/h2-13,15,23,25H,1,14,16H2/t23-,25-/m1/s1. The summed E-state index contributed by atoms with van der Waals surface area (Å²) in [4.78, 5) is 0. The number of halogens is 1. The number of hydrogen-bond acceptors (Lipinski definition) is 4. The van der Waals surface area contributed by atoms with Gasteiger partial charge in [-0.1, -0.05) is 58.9 Å². The Hall–Kier alpha value is -3.05. The Kier molecular flexibility index (Phi) is 5.05. The number of hydrogen-bond donors (Lipinski definition) is 0. The summed E-state index contributed by atoms with van der Waals surface area (Å²) < 4.78 is 13.1. The van der Waals surface area contributed by atoms with Gasteiger partial charge in [-0.05, 0) is 48.0 Å². The van der Waals surface area contributed by atoms with E-state index in [1.54, 1.807) is 6.08 Å². The van der Waals surface area contributed by atoms with E-state index in [4.69, 9.17) is 14.6 Å². The van der Waals surface area contributed by atoms with Crippen LogP contribution in [-0.4, -0.2) is 17.3 Å². The number of rotatable bonds is 5. The van der Waals surface area contributed by atoms with Crippen molar-refractivity contribution in [1.82, 2.24) is 5.01 Å². The third kappa shape index (κ3) is 3.50. The van der Waals surface area contributed by atoms with Crippen LogP contribution < -0.4 is 9.47 Å². The first-order valence-electron chi connectivity index (χ1n) is 9.94. The molecular formula is C25H21BrN2O2. The zero-order chi connectivity index (χ0) is 20.5. The van der Waals surface area contributed by atoms with Gasteiger partial charge in [-0.2, -0.15) is 5.10 Å². The molecule has 3 aromatic rings. The molecule has 0 saturated heterocycles. The third-order valence-electron chi connectivity index (χ3n) is 5.39. The van der Waals surface area contributed by atoms with Gasteiger partial charge in [-0.15, -0.1) is 0 Å². The molecule has 0 unspecified atom stereocenters. The lowest BCUT2D eigenvalue weighted by molar-refractivity contribution is -0.0191. The molecular weight excluding hydrogens is 440 g/mol. The summed E-state index contributed by atoms with van der Waals surface area (Å²) in [5, 5.41) is 7.10. The van der Waals surface area contributed by atoms with Crippen molar-refractivity contribution in [1.29, 1.82) is 0 Å². The second kappa shape index (κ2) is 8.00. The maximum absolute atomic E-state index is 6.43. The maximum Gasteiger partial charge on any atom is 0.213 e. The van der Waals surface area contributed by atoms with Crippen molar-refractivity contribution >= 4 is 21.6 Å². The lowest BCUT2D eigenvalue weighted by atomic mass is 9.96. The van der Waals surface area contributed by atoms with E-state index in [1.807, 2.05) is 42.5 Å². The highest BCUT2D eigenvalue weighted by Gasteiger charge is 2.41. The number of fused-ring (bicyclic) bond motifs is 3. The van der Waals surface area contributed by atoms with Gasteiger partial charge in [-0.3, -0.25) is 0 Å². The molecule has 0 bridgehead atoms. The van der Waals surface area contributed by atoms with Crippen LogP contribution in [0.1, 0.15) is 35.4 Å². The Morgan fingerprint density at radius 2 is 1.90 bits per heavy atom. The molecule has 0 fully saturated rings. The van der Waals surface area contributed by atoms with E-state index in [-0.39, 0.29) is 12.3 Å². The summed E-state index contributed by atoms with van der Waals surface area (Å²) in [6, 6.07) is 24.7. The van der Waals surface area contributed by atoms with Crippen LogP contribution in [0, 0.1) is 0 Å². The molecule has 5 rings (SSSR count). The van der Waals surface area contributed by atoms with Crippen molar-refractivity contribution in [2.24, 2.45) is 5.10 Å². The van der Waals surface area contributed by atoms with E-state index in [9.17, 15) is 0 Å². The number of nitrogens with zero attached hydrogens (tertiary/aromatic N) is 2. The Labute approximate surface area is 184 Å². The second-order valence-electron chi connectivity index (χ2n) is 7.33. The van der Waals surface area contributed by atoms with Crippen LogP contribution in [0.4, 0.5) is 0 Å². The maximum atomic E-state index is 6.43. The lowest BCUT2D eigenvalue weighted by Gasteiger charge is -2.38. The molecule has 3 aromatic carbocycles. The van der Waals surface area contributed by atoms with Crippen LogP contribution in [0.3, 0.4) is 0 Å². The predicted octanol–water partition coefficient (Wildman–Crippen LogP) is 6.26. The van der Waals surface area contributed by atoms with E-state index in [0.29, 0.717) is 6.61 Å². The fourth-order valence-electron chi connectivity index (χ4n) is 3.97. The Bertz CT molecular complexity index is 1100. The Morgan fingerprint density at radius 1 is 1.10 bits per heavy atom. The van der Waals surface area contributed by atoms with Gasteiger partial charge in [0.05, 0.1) is 11.8 Å². The van der Waals surface area contributed by atoms with Crippen LogP contribution in [0.25, 0.3) is 0 Å². The summed E-state index contributed by atoms with van der Waals surface area (Å²) in [6.45, 7) is 4.18.